The van der Waals surface area contributed by atoms with E-state index in [2.05, 4.69) is 4.98 Å². The average molecular weight is 349 g/mol. The molecule has 0 aliphatic carbocycles. The molecule has 0 bridgehead atoms. The van der Waals surface area contributed by atoms with Crippen LogP contribution in [0.3, 0.4) is 0 Å². The normalized spacial score (nSPS) is 21.3. The zero-order valence-corrected chi connectivity index (χ0v) is 13.8. The maximum atomic E-state index is 12.2. The molecule has 1 saturated heterocycles. The predicted molar refractivity (Wildman–Crippen MR) is 80.5 cm³/mol. The minimum atomic E-state index is -3.08. The molecular formula is C13H17ClN2O5S. The molecule has 122 valence electrons. The molecule has 2 heterocycles. The number of nitrogens with zero attached hydrogens (tertiary/aromatic N) is 1. The van der Waals surface area contributed by atoms with Crippen LogP contribution < -0.4 is 0 Å². The number of amides is 1. The summed E-state index contributed by atoms with van der Waals surface area (Å²) in [5, 5.41) is 0.360. The van der Waals surface area contributed by atoms with E-state index in [0.717, 1.165) is 0 Å². The van der Waals surface area contributed by atoms with E-state index in [1.165, 1.54) is 31.1 Å². The number of hydrogen-bond acceptors (Lipinski definition) is 5. The number of likely N-dealkylation sites (N-methyl/N-ethyl adjacent to an activating group) is 1. The standard InChI is InChI=1S/C13H17ClN2O5S/c1-8(21-13(18)11-5-9(14)6-15-11)12(17)16(2)10-3-4-22(19,20)7-10/h5-6,8,10,15H,3-4,7H2,1-2H3. The number of nitrogens with one attached hydrogen (secondary N) is 1. The number of hydrogen-bond donors (Lipinski definition) is 1. The van der Waals surface area contributed by atoms with Crippen LogP contribution in [-0.4, -0.2) is 60.9 Å². The molecule has 0 spiro atoms. The summed E-state index contributed by atoms with van der Waals surface area (Å²) in [6.07, 6.45) is 0.820. The lowest BCUT2D eigenvalue weighted by Crippen LogP contribution is -2.44. The topological polar surface area (TPSA) is 96.5 Å². The van der Waals surface area contributed by atoms with Crippen molar-refractivity contribution < 1.29 is 22.7 Å². The van der Waals surface area contributed by atoms with Crippen LogP contribution >= 0.6 is 11.6 Å². The van der Waals surface area contributed by atoms with E-state index in [4.69, 9.17) is 16.3 Å². The largest absolute Gasteiger partial charge is 0.448 e. The fourth-order valence-electron chi connectivity index (χ4n) is 2.31. The van der Waals surface area contributed by atoms with Crippen molar-refractivity contribution >= 4 is 33.3 Å². The summed E-state index contributed by atoms with van der Waals surface area (Å²) in [6, 6.07) is 1.02. The Hall–Kier alpha value is -1.54. The quantitative estimate of drug-likeness (QED) is 0.814. The van der Waals surface area contributed by atoms with Crippen molar-refractivity contribution in [3.8, 4) is 0 Å². The van der Waals surface area contributed by atoms with Crippen LogP contribution in [0.15, 0.2) is 12.3 Å². The van der Waals surface area contributed by atoms with Crippen molar-refractivity contribution in [3.05, 3.63) is 23.0 Å². The Morgan fingerprint density at radius 3 is 2.68 bits per heavy atom. The highest BCUT2D eigenvalue weighted by Crippen LogP contribution is 2.18. The number of esters is 1. The van der Waals surface area contributed by atoms with Crippen molar-refractivity contribution in [2.45, 2.75) is 25.5 Å². The molecule has 1 aliphatic rings. The average Bonchev–Trinajstić information content (AvgIpc) is 3.02. The third kappa shape index (κ3) is 3.80. The molecule has 1 amide bonds. The van der Waals surface area contributed by atoms with Crippen LogP contribution in [0, 0.1) is 0 Å². The Labute approximate surface area is 133 Å². The van der Waals surface area contributed by atoms with Gasteiger partial charge in [0.25, 0.3) is 5.91 Å². The second-order valence-electron chi connectivity index (χ2n) is 5.29. The van der Waals surface area contributed by atoms with Gasteiger partial charge in [0.1, 0.15) is 5.69 Å². The maximum absolute atomic E-state index is 12.2. The summed E-state index contributed by atoms with van der Waals surface area (Å²) in [5.41, 5.74) is 0.149. The van der Waals surface area contributed by atoms with E-state index >= 15 is 0 Å². The fraction of sp³-hybridized carbons (Fsp3) is 0.538. The molecular weight excluding hydrogens is 332 g/mol. The van der Waals surface area contributed by atoms with Gasteiger partial charge in [-0.3, -0.25) is 4.79 Å². The number of carbonyl (C=O) groups excluding carboxylic acids is 2. The van der Waals surface area contributed by atoms with Gasteiger partial charge in [-0.05, 0) is 19.4 Å². The maximum Gasteiger partial charge on any atom is 0.355 e. The number of aromatic nitrogens is 1. The van der Waals surface area contributed by atoms with E-state index in [1.54, 1.807) is 0 Å². The highest BCUT2D eigenvalue weighted by Gasteiger charge is 2.35. The van der Waals surface area contributed by atoms with Gasteiger partial charge in [-0.15, -0.1) is 0 Å². The second-order valence-corrected chi connectivity index (χ2v) is 7.95. The first-order valence-corrected chi connectivity index (χ1v) is 8.91. The Morgan fingerprint density at radius 2 is 2.18 bits per heavy atom. The number of rotatable bonds is 4. The Bertz CT molecular complexity index is 684. The number of H-pyrrole nitrogens is 1. The number of ether oxygens (including phenoxy) is 1. The first kappa shape index (κ1) is 16.8. The second kappa shape index (κ2) is 6.29. The monoisotopic (exact) mass is 348 g/mol. The fourth-order valence-corrected chi connectivity index (χ4v) is 4.25. The lowest BCUT2D eigenvalue weighted by Gasteiger charge is -2.26. The molecule has 1 aromatic rings. The number of sulfone groups is 1. The van der Waals surface area contributed by atoms with Gasteiger partial charge in [-0.1, -0.05) is 11.6 Å². The summed E-state index contributed by atoms with van der Waals surface area (Å²) in [6.45, 7) is 1.45. The van der Waals surface area contributed by atoms with Gasteiger partial charge >= 0.3 is 5.97 Å². The van der Waals surface area contributed by atoms with E-state index < -0.39 is 27.8 Å². The van der Waals surface area contributed by atoms with Gasteiger partial charge in [0, 0.05) is 19.3 Å². The molecule has 1 N–H and O–H groups in total. The number of carbonyl (C=O) groups is 2. The smallest absolute Gasteiger partial charge is 0.355 e. The van der Waals surface area contributed by atoms with Crippen molar-refractivity contribution in [2.75, 3.05) is 18.6 Å². The Balaban J connectivity index is 1.95. The van der Waals surface area contributed by atoms with Crippen LogP contribution in [0.25, 0.3) is 0 Å². The van der Waals surface area contributed by atoms with Crippen LogP contribution in [0.4, 0.5) is 0 Å². The third-order valence-electron chi connectivity index (χ3n) is 3.60. The third-order valence-corrected chi connectivity index (χ3v) is 5.57. The zero-order chi connectivity index (χ0) is 16.5. The van der Waals surface area contributed by atoms with Gasteiger partial charge in [-0.25, -0.2) is 13.2 Å². The minimum absolute atomic E-state index is 0.0534. The van der Waals surface area contributed by atoms with E-state index in [1.807, 2.05) is 0 Å². The molecule has 1 aliphatic heterocycles. The van der Waals surface area contributed by atoms with Crippen LogP contribution in [0.1, 0.15) is 23.8 Å². The van der Waals surface area contributed by atoms with Gasteiger partial charge < -0.3 is 14.6 Å². The summed E-state index contributed by atoms with van der Waals surface area (Å²) in [4.78, 5) is 28.0. The number of aromatic amines is 1. The molecule has 2 rings (SSSR count). The van der Waals surface area contributed by atoms with Crippen molar-refractivity contribution in [2.24, 2.45) is 0 Å². The van der Waals surface area contributed by atoms with Gasteiger partial charge in [0.05, 0.1) is 16.5 Å². The highest BCUT2D eigenvalue weighted by atomic mass is 35.5. The molecule has 1 fully saturated rings. The van der Waals surface area contributed by atoms with Gasteiger partial charge in [-0.2, -0.15) is 0 Å². The molecule has 0 aromatic carbocycles. The minimum Gasteiger partial charge on any atom is -0.448 e. The molecule has 2 atom stereocenters. The summed E-state index contributed by atoms with van der Waals surface area (Å²) in [7, 11) is -1.57. The summed E-state index contributed by atoms with van der Waals surface area (Å²) < 4.78 is 28.0. The van der Waals surface area contributed by atoms with Gasteiger partial charge in [0.15, 0.2) is 15.9 Å². The summed E-state index contributed by atoms with van der Waals surface area (Å²) >= 11 is 5.70. The molecule has 7 nitrogen and oxygen atoms in total. The van der Waals surface area contributed by atoms with Crippen molar-refractivity contribution in [3.63, 3.8) is 0 Å². The molecule has 22 heavy (non-hydrogen) atoms. The molecule has 9 heteroatoms. The van der Waals surface area contributed by atoms with E-state index in [9.17, 15) is 18.0 Å². The van der Waals surface area contributed by atoms with Gasteiger partial charge in [0.2, 0.25) is 0 Å². The zero-order valence-electron chi connectivity index (χ0n) is 12.2. The van der Waals surface area contributed by atoms with E-state index in [-0.39, 0.29) is 23.2 Å². The number of halogens is 1. The van der Waals surface area contributed by atoms with Crippen molar-refractivity contribution in [1.29, 1.82) is 0 Å². The molecule has 0 saturated carbocycles. The van der Waals surface area contributed by atoms with Crippen LogP contribution in [0.2, 0.25) is 5.02 Å². The Kier molecular flexibility index (Phi) is 4.81. The van der Waals surface area contributed by atoms with E-state index in [0.29, 0.717) is 11.4 Å². The Morgan fingerprint density at radius 1 is 1.50 bits per heavy atom. The molecule has 0 radical (unpaired) electrons. The van der Waals surface area contributed by atoms with Crippen LogP contribution in [-0.2, 0) is 19.4 Å². The highest BCUT2D eigenvalue weighted by molar-refractivity contribution is 7.91. The molecule has 1 aromatic heterocycles. The lowest BCUT2D eigenvalue weighted by molar-refractivity contribution is -0.140. The first-order valence-electron chi connectivity index (χ1n) is 6.71. The molecule has 2 unspecified atom stereocenters. The van der Waals surface area contributed by atoms with Crippen LogP contribution in [0.5, 0.6) is 0 Å². The SMILES string of the molecule is CC(OC(=O)c1cc(Cl)c[nH]1)C(=O)N(C)C1CCS(=O)(=O)C1. The predicted octanol–water partition coefficient (Wildman–Crippen LogP) is 0.859. The first-order chi connectivity index (χ1) is 10.2. The summed E-state index contributed by atoms with van der Waals surface area (Å²) in [5.74, 6) is -1.11. The van der Waals surface area contributed by atoms with Crippen molar-refractivity contribution in [1.82, 2.24) is 9.88 Å². The lowest BCUT2D eigenvalue weighted by atomic mass is 10.2.